The minimum atomic E-state index is -3.52. The van der Waals surface area contributed by atoms with Crippen molar-refractivity contribution in [1.82, 2.24) is 5.32 Å². The average Bonchev–Trinajstić information content (AvgIpc) is 2.34. The molecule has 98 valence electrons. The summed E-state index contributed by atoms with van der Waals surface area (Å²) >= 11 is 0. The average molecular weight is 271 g/mol. The highest BCUT2D eigenvalue weighted by molar-refractivity contribution is 7.90. The van der Waals surface area contributed by atoms with E-state index in [1.54, 1.807) is 0 Å². The van der Waals surface area contributed by atoms with Gasteiger partial charge in [-0.25, -0.2) is 13.2 Å². The fourth-order valence-corrected chi connectivity index (χ4v) is 2.12. The van der Waals surface area contributed by atoms with Crippen molar-refractivity contribution >= 4 is 21.7 Å². The molecule has 0 aromatic heterocycles. The van der Waals surface area contributed by atoms with Crippen molar-refractivity contribution < 1.29 is 22.7 Å². The van der Waals surface area contributed by atoms with Gasteiger partial charge in [-0.2, -0.15) is 0 Å². The third-order valence-electron chi connectivity index (χ3n) is 2.12. The van der Waals surface area contributed by atoms with Crippen molar-refractivity contribution in [2.24, 2.45) is 0 Å². The second-order valence-corrected chi connectivity index (χ2v) is 5.50. The maximum absolute atomic E-state index is 11.7. The lowest BCUT2D eigenvalue weighted by Gasteiger charge is -2.07. The molecule has 1 rings (SSSR count). The van der Waals surface area contributed by atoms with Crippen LogP contribution < -0.4 is 5.32 Å². The van der Waals surface area contributed by atoms with Crippen LogP contribution in [0.4, 0.5) is 0 Å². The zero-order valence-electron chi connectivity index (χ0n) is 9.97. The standard InChI is InChI=1S/C11H13NO5S/c1-12-10(13)7-17-11(14)8-5-3-4-6-9(8)18(2,15)16/h3-6H,7H2,1-2H3,(H,12,13). The molecule has 0 saturated heterocycles. The molecule has 18 heavy (non-hydrogen) atoms. The van der Waals surface area contributed by atoms with Crippen molar-refractivity contribution in [3.05, 3.63) is 29.8 Å². The van der Waals surface area contributed by atoms with E-state index in [1.807, 2.05) is 0 Å². The molecule has 0 radical (unpaired) electrons. The Balaban J connectivity index is 2.97. The van der Waals surface area contributed by atoms with Crippen molar-refractivity contribution in [1.29, 1.82) is 0 Å². The molecule has 0 heterocycles. The predicted molar refractivity (Wildman–Crippen MR) is 63.9 cm³/mol. The lowest BCUT2D eigenvalue weighted by Crippen LogP contribution is -2.25. The Kier molecular flexibility index (Phi) is 4.43. The van der Waals surface area contributed by atoms with Crippen LogP contribution in [0.25, 0.3) is 0 Å². The monoisotopic (exact) mass is 271 g/mol. The number of hydrogen-bond donors (Lipinski definition) is 1. The van der Waals surface area contributed by atoms with Crippen molar-refractivity contribution in [3.63, 3.8) is 0 Å². The Morgan fingerprint density at radius 3 is 2.44 bits per heavy atom. The number of rotatable bonds is 4. The van der Waals surface area contributed by atoms with Crippen molar-refractivity contribution in [2.75, 3.05) is 19.9 Å². The van der Waals surface area contributed by atoms with E-state index in [1.165, 1.54) is 31.3 Å². The second kappa shape index (κ2) is 5.63. The summed E-state index contributed by atoms with van der Waals surface area (Å²) in [5.74, 6) is -1.32. The van der Waals surface area contributed by atoms with Gasteiger partial charge in [0.2, 0.25) is 0 Å². The number of ether oxygens (including phenoxy) is 1. The SMILES string of the molecule is CNC(=O)COC(=O)c1ccccc1S(C)(=O)=O. The number of amides is 1. The predicted octanol–water partition coefficient (Wildman–Crippen LogP) is -0.00710. The number of benzene rings is 1. The molecular weight excluding hydrogens is 258 g/mol. The Morgan fingerprint density at radius 1 is 1.28 bits per heavy atom. The minimum Gasteiger partial charge on any atom is -0.452 e. The summed E-state index contributed by atoms with van der Waals surface area (Å²) in [6, 6.07) is 5.67. The molecule has 0 atom stereocenters. The minimum absolute atomic E-state index is 0.0797. The van der Waals surface area contributed by atoms with Crippen molar-refractivity contribution in [3.8, 4) is 0 Å². The summed E-state index contributed by atoms with van der Waals surface area (Å²) < 4.78 is 27.6. The van der Waals surface area contributed by atoms with Gasteiger partial charge >= 0.3 is 5.97 Å². The highest BCUT2D eigenvalue weighted by Gasteiger charge is 2.19. The van der Waals surface area contributed by atoms with Gasteiger partial charge in [-0.15, -0.1) is 0 Å². The Morgan fingerprint density at radius 2 is 1.89 bits per heavy atom. The van der Waals surface area contributed by atoms with E-state index < -0.39 is 28.3 Å². The fraction of sp³-hybridized carbons (Fsp3) is 0.273. The summed E-state index contributed by atoms with van der Waals surface area (Å²) in [4.78, 5) is 22.5. The first-order valence-corrected chi connectivity index (χ1v) is 6.92. The molecule has 0 unspecified atom stereocenters. The van der Waals surface area contributed by atoms with Crippen molar-refractivity contribution in [2.45, 2.75) is 4.90 Å². The van der Waals surface area contributed by atoms with E-state index >= 15 is 0 Å². The highest BCUT2D eigenvalue weighted by Crippen LogP contribution is 2.16. The van der Waals surface area contributed by atoms with Crippen LogP contribution in [-0.2, 0) is 19.4 Å². The van der Waals surface area contributed by atoms with E-state index in [0.717, 1.165) is 6.26 Å². The van der Waals surface area contributed by atoms with Crippen LogP contribution in [-0.4, -0.2) is 40.2 Å². The van der Waals surface area contributed by atoms with Crippen LogP contribution >= 0.6 is 0 Å². The van der Waals surface area contributed by atoms with Gasteiger partial charge in [0.15, 0.2) is 16.4 Å². The van der Waals surface area contributed by atoms with E-state index in [9.17, 15) is 18.0 Å². The van der Waals surface area contributed by atoms with E-state index in [2.05, 4.69) is 5.32 Å². The lowest BCUT2D eigenvalue weighted by molar-refractivity contribution is -0.123. The summed E-state index contributed by atoms with van der Waals surface area (Å²) in [6.45, 7) is -0.451. The largest absolute Gasteiger partial charge is 0.452 e. The quantitative estimate of drug-likeness (QED) is 0.778. The highest BCUT2D eigenvalue weighted by atomic mass is 32.2. The van der Waals surface area contributed by atoms with Crippen LogP contribution in [0.5, 0.6) is 0 Å². The normalized spacial score (nSPS) is 10.8. The number of carbonyl (C=O) groups is 2. The van der Waals surface area contributed by atoms with Gasteiger partial charge in [-0.1, -0.05) is 12.1 Å². The first-order valence-electron chi connectivity index (χ1n) is 5.03. The second-order valence-electron chi connectivity index (χ2n) is 3.52. The zero-order chi connectivity index (χ0) is 13.8. The molecule has 0 bridgehead atoms. The Bertz CT molecular complexity index is 565. The molecule has 7 heteroatoms. The van der Waals surface area contributed by atoms with Crippen LogP contribution in [0.3, 0.4) is 0 Å². The first-order chi connectivity index (χ1) is 8.36. The molecule has 1 aromatic carbocycles. The Labute approximate surface area is 105 Å². The third kappa shape index (κ3) is 3.56. The zero-order valence-corrected chi connectivity index (χ0v) is 10.8. The number of nitrogens with one attached hydrogen (secondary N) is 1. The van der Waals surface area contributed by atoms with Gasteiger partial charge < -0.3 is 10.1 Å². The molecule has 0 saturated carbocycles. The van der Waals surface area contributed by atoms with Gasteiger partial charge in [0, 0.05) is 13.3 Å². The number of esters is 1. The van der Waals surface area contributed by atoms with Gasteiger partial charge in [0.1, 0.15) is 0 Å². The van der Waals surface area contributed by atoms with Crippen LogP contribution in [0.2, 0.25) is 0 Å². The summed E-state index contributed by atoms with van der Waals surface area (Å²) in [6.07, 6.45) is 0.998. The topological polar surface area (TPSA) is 89.5 Å². The smallest absolute Gasteiger partial charge is 0.339 e. The van der Waals surface area contributed by atoms with E-state index in [4.69, 9.17) is 4.74 Å². The van der Waals surface area contributed by atoms with Gasteiger partial charge in [-0.05, 0) is 12.1 Å². The number of hydrogen-bond acceptors (Lipinski definition) is 5. The van der Waals surface area contributed by atoms with E-state index in [-0.39, 0.29) is 10.5 Å². The molecule has 6 nitrogen and oxygen atoms in total. The summed E-state index contributed by atoms with van der Waals surface area (Å²) in [5, 5.41) is 2.28. The molecule has 0 aliphatic carbocycles. The molecule has 0 spiro atoms. The molecular formula is C11H13NO5S. The maximum Gasteiger partial charge on any atom is 0.339 e. The molecule has 0 aliphatic rings. The lowest BCUT2D eigenvalue weighted by atomic mass is 10.2. The molecule has 1 aromatic rings. The number of sulfone groups is 1. The van der Waals surface area contributed by atoms with Crippen LogP contribution in [0.15, 0.2) is 29.2 Å². The van der Waals surface area contributed by atoms with Gasteiger partial charge in [0.25, 0.3) is 5.91 Å². The Hall–Kier alpha value is -1.89. The van der Waals surface area contributed by atoms with Gasteiger partial charge in [0.05, 0.1) is 10.5 Å². The van der Waals surface area contributed by atoms with E-state index in [0.29, 0.717) is 0 Å². The summed E-state index contributed by atoms with van der Waals surface area (Å²) in [7, 11) is -2.12. The maximum atomic E-state index is 11.7. The number of carbonyl (C=O) groups excluding carboxylic acids is 2. The first kappa shape index (κ1) is 14.2. The van der Waals surface area contributed by atoms with Crippen LogP contribution in [0.1, 0.15) is 10.4 Å². The van der Waals surface area contributed by atoms with Gasteiger partial charge in [-0.3, -0.25) is 4.79 Å². The third-order valence-corrected chi connectivity index (χ3v) is 3.27. The molecule has 1 N–H and O–H groups in total. The molecule has 0 fully saturated rings. The number of likely N-dealkylation sites (N-methyl/N-ethyl adjacent to an activating group) is 1. The van der Waals surface area contributed by atoms with Crippen LogP contribution in [0, 0.1) is 0 Å². The summed E-state index contributed by atoms with van der Waals surface area (Å²) in [5.41, 5.74) is -0.0797. The molecule has 0 aliphatic heterocycles. The fourth-order valence-electron chi connectivity index (χ4n) is 1.24. The molecule has 1 amide bonds.